The number of alkyl halides is 9. The van der Waals surface area contributed by atoms with Crippen LogP contribution in [0.4, 0.5) is 44.3 Å². The summed E-state index contributed by atoms with van der Waals surface area (Å²) < 4.78 is 115. The molecule has 0 atom stereocenters. The summed E-state index contributed by atoms with van der Waals surface area (Å²) in [5, 5.41) is -0.154. The lowest BCUT2D eigenvalue weighted by molar-refractivity contribution is -0.387. The molecule has 0 saturated carbocycles. The van der Waals surface area contributed by atoms with Crippen LogP contribution >= 0.6 is 0 Å². The number of hydrogen-bond acceptors (Lipinski definition) is 2. The molecule has 0 saturated heterocycles. The molecule has 0 aromatic carbocycles. The smallest absolute Gasteiger partial charge is 0.429 e. The Hall–Kier alpha value is -1.36. The first kappa shape index (κ1) is 18.6. The van der Waals surface area contributed by atoms with Gasteiger partial charge in [0, 0.05) is 0 Å². The van der Waals surface area contributed by atoms with Gasteiger partial charge < -0.3 is 4.74 Å². The SMILES string of the molecule is CC(C)OC(=O)NC(C(F)(F)F)(C(F)(F)F)C(F)(F)F. The van der Waals surface area contributed by atoms with Crippen molar-refractivity contribution in [1.29, 1.82) is 0 Å². The maximum absolute atomic E-state index is 12.4. The van der Waals surface area contributed by atoms with Gasteiger partial charge in [-0.25, -0.2) is 4.79 Å². The van der Waals surface area contributed by atoms with E-state index in [-0.39, 0.29) is 5.32 Å². The fourth-order valence-corrected chi connectivity index (χ4v) is 1.09. The Morgan fingerprint density at radius 2 is 1.15 bits per heavy atom. The van der Waals surface area contributed by atoms with Gasteiger partial charge in [0.25, 0.3) is 0 Å². The van der Waals surface area contributed by atoms with E-state index in [2.05, 4.69) is 4.74 Å². The highest BCUT2D eigenvalue weighted by molar-refractivity contribution is 5.69. The number of alkyl carbamates (subject to hydrolysis) is 1. The Morgan fingerprint density at radius 1 is 0.850 bits per heavy atom. The van der Waals surface area contributed by atoms with Gasteiger partial charge in [-0.2, -0.15) is 39.5 Å². The molecule has 1 amide bonds. The molecule has 1 N–H and O–H groups in total. The van der Waals surface area contributed by atoms with Crippen LogP contribution in [0.25, 0.3) is 0 Å². The lowest BCUT2D eigenvalue weighted by Crippen LogP contribution is -2.75. The average molecular weight is 321 g/mol. The summed E-state index contributed by atoms with van der Waals surface area (Å²) in [4.78, 5) is 10.8. The Labute approximate surface area is 106 Å². The van der Waals surface area contributed by atoms with E-state index >= 15 is 0 Å². The zero-order valence-electron chi connectivity index (χ0n) is 9.80. The highest BCUT2D eigenvalue weighted by atomic mass is 19.4. The number of halogens is 9. The average Bonchev–Trinajstić information content (AvgIpc) is 2.06. The van der Waals surface area contributed by atoms with E-state index in [0.29, 0.717) is 0 Å². The standard InChI is InChI=1S/C8H8F9NO2/c1-3(2)20-4(19)18-5(6(9,10)11,7(12,13)14)8(15,16)17/h3H,1-2H3,(H,18,19). The van der Waals surface area contributed by atoms with Crippen molar-refractivity contribution in [2.75, 3.05) is 0 Å². The van der Waals surface area contributed by atoms with Crippen LogP contribution in [0.2, 0.25) is 0 Å². The molecule has 0 aliphatic carbocycles. The third kappa shape index (κ3) is 3.39. The van der Waals surface area contributed by atoms with Crippen molar-refractivity contribution in [2.24, 2.45) is 0 Å². The first-order valence-electron chi connectivity index (χ1n) is 4.75. The molecule has 0 aliphatic rings. The van der Waals surface area contributed by atoms with Gasteiger partial charge in [0.15, 0.2) is 0 Å². The number of hydrogen-bond donors (Lipinski definition) is 1. The Kier molecular flexibility index (Phi) is 4.85. The summed E-state index contributed by atoms with van der Waals surface area (Å²) in [5.74, 6) is 0. The van der Waals surface area contributed by atoms with Crippen molar-refractivity contribution in [3.05, 3.63) is 0 Å². The van der Waals surface area contributed by atoms with Crippen LogP contribution in [0.3, 0.4) is 0 Å². The molecule has 20 heavy (non-hydrogen) atoms. The summed E-state index contributed by atoms with van der Waals surface area (Å²) in [5.41, 5.74) is -6.40. The monoisotopic (exact) mass is 321 g/mol. The molecule has 0 spiro atoms. The lowest BCUT2D eigenvalue weighted by atomic mass is 9.97. The maximum Gasteiger partial charge on any atom is 0.429 e. The summed E-state index contributed by atoms with van der Waals surface area (Å²) >= 11 is 0. The van der Waals surface area contributed by atoms with Crippen LogP contribution in [0.5, 0.6) is 0 Å². The van der Waals surface area contributed by atoms with E-state index in [1.807, 2.05) is 0 Å². The largest absolute Gasteiger partial charge is 0.447 e. The molecule has 12 heteroatoms. The Bertz CT molecular complexity index is 318. The Morgan fingerprint density at radius 3 is 1.35 bits per heavy atom. The van der Waals surface area contributed by atoms with E-state index < -0.39 is 36.3 Å². The van der Waals surface area contributed by atoms with Gasteiger partial charge in [0.05, 0.1) is 6.10 Å². The topological polar surface area (TPSA) is 38.3 Å². The van der Waals surface area contributed by atoms with Crippen molar-refractivity contribution in [2.45, 2.75) is 44.0 Å². The van der Waals surface area contributed by atoms with Crippen LogP contribution < -0.4 is 5.32 Å². The van der Waals surface area contributed by atoms with Crippen LogP contribution in [-0.2, 0) is 4.74 Å². The molecule has 3 nitrogen and oxygen atoms in total. The van der Waals surface area contributed by atoms with Gasteiger partial charge in [-0.05, 0) is 13.8 Å². The molecule has 0 fully saturated rings. The number of nitrogens with one attached hydrogen (secondary N) is 1. The molecule has 0 heterocycles. The van der Waals surface area contributed by atoms with Crippen molar-refractivity contribution in [3.63, 3.8) is 0 Å². The fourth-order valence-electron chi connectivity index (χ4n) is 1.09. The third-order valence-corrected chi connectivity index (χ3v) is 1.91. The van der Waals surface area contributed by atoms with Crippen LogP contribution in [0.15, 0.2) is 0 Å². The summed E-state index contributed by atoms with van der Waals surface area (Å²) in [7, 11) is 0. The lowest BCUT2D eigenvalue weighted by Gasteiger charge is -2.38. The van der Waals surface area contributed by atoms with E-state index in [1.54, 1.807) is 0 Å². The van der Waals surface area contributed by atoms with Gasteiger partial charge in [-0.1, -0.05) is 0 Å². The predicted molar refractivity (Wildman–Crippen MR) is 45.6 cm³/mol. The highest BCUT2D eigenvalue weighted by Gasteiger charge is 2.85. The van der Waals surface area contributed by atoms with Crippen molar-refractivity contribution in [1.82, 2.24) is 5.32 Å². The fraction of sp³-hybridized carbons (Fsp3) is 0.875. The zero-order valence-corrected chi connectivity index (χ0v) is 9.80. The number of amides is 1. The second-order valence-corrected chi connectivity index (χ2v) is 3.82. The first-order valence-corrected chi connectivity index (χ1v) is 4.75. The number of rotatable bonds is 2. The van der Waals surface area contributed by atoms with E-state index in [9.17, 15) is 44.3 Å². The molecule has 0 bridgehead atoms. The van der Waals surface area contributed by atoms with E-state index in [1.165, 1.54) is 0 Å². The number of carbonyl (C=O) groups is 1. The van der Waals surface area contributed by atoms with Gasteiger partial charge in [0.2, 0.25) is 0 Å². The Balaban J connectivity index is 5.87. The van der Waals surface area contributed by atoms with Crippen molar-refractivity contribution < 1.29 is 49.0 Å². The first-order chi connectivity index (χ1) is 8.56. The molecule has 0 unspecified atom stereocenters. The quantitative estimate of drug-likeness (QED) is 0.790. The highest BCUT2D eigenvalue weighted by Crippen LogP contribution is 2.52. The van der Waals surface area contributed by atoms with E-state index in [0.717, 1.165) is 13.8 Å². The normalized spacial score (nSPS) is 14.4. The molecule has 0 aliphatic heterocycles. The van der Waals surface area contributed by atoms with Gasteiger partial charge >= 0.3 is 30.2 Å². The van der Waals surface area contributed by atoms with Crippen molar-refractivity contribution >= 4 is 6.09 Å². The number of carbonyl (C=O) groups excluding carboxylic acids is 1. The second-order valence-electron chi connectivity index (χ2n) is 3.82. The zero-order chi connectivity index (χ0) is 16.6. The minimum absolute atomic E-state index is 0.154. The van der Waals surface area contributed by atoms with Crippen LogP contribution in [-0.4, -0.2) is 36.3 Å². The summed E-state index contributed by atoms with van der Waals surface area (Å²) in [6.45, 7) is 2.05. The predicted octanol–water partition coefficient (Wildman–Crippen LogP) is 3.55. The molecule has 0 aromatic heterocycles. The van der Waals surface area contributed by atoms with Gasteiger partial charge in [0.1, 0.15) is 0 Å². The molecule has 0 radical (unpaired) electrons. The summed E-state index contributed by atoms with van der Waals surface area (Å²) in [6.07, 6.45) is -24.3. The maximum atomic E-state index is 12.4. The molecule has 0 aromatic rings. The van der Waals surface area contributed by atoms with E-state index in [4.69, 9.17) is 0 Å². The molecule has 120 valence electrons. The third-order valence-electron chi connectivity index (χ3n) is 1.91. The summed E-state index contributed by atoms with van der Waals surface area (Å²) in [6, 6.07) is 0. The van der Waals surface area contributed by atoms with Gasteiger partial charge in [-0.15, -0.1) is 0 Å². The van der Waals surface area contributed by atoms with Crippen LogP contribution in [0, 0.1) is 0 Å². The molecular weight excluding hydrogens is 313 g/mol. The molecule has 0 rings (SSSR count). The van der Waals surface area contributed by atoms with Crippen LogP contribution in [0.1, 0.15) is 13.8 Å². The van der Waals surface area contributed by atoms with Crippen molar-refractivity contribution in [3.8, 4) is 0 Å². The molecular formula is C8H8F9NO2. The second kappa shape index (κ2) is 5.20. The minimum atomic E-state index is -6.86. The number of ether oxygens (including phenoxy) is 1. The van der Waals surface area contributed by atoms with Gasteiger partial charge in [-0.3, -0.25) is 5.32 Å². The minimum Gasteiger partial charge on any atom is -0.447 e.